The molecule has 40 heavy (non-hydrogen) atoms. The molecule has 3 aromatic rings. The summed E-state index contributed by atoms with van der Waals surface area (Å²) in [6.45, 7) is 3.07. The van der Waals surface area contributed by atoms with Crippen LogP contribution in [0.4, 0.5) is 22.0 Å². The summed E-state index contributed by atoms with van der Waals surface area (Å²) in [5.74, 6) is 0.0520. The number of carbonyl (C=O) groups is 2. The summed E-state index contributed by atoms with van der Waals surface area (Å²) in [6.07, 6.45) is 8.64. The molecule has 6 rings (SSSR count). The van der Waals surface area contributed by atoms with E-state index in [0.29, 0.717) is 11.5 Å². The Morgan fingerprint density at radius 1 is 1.15 bits per heavy atom. The molecular formula is C30H32N8O2. The lowest BCUT2D eigenvalue weighted by molar-refractivity contribution is -0.132. The third-order valence-corrected chi connectivity index (χ3v) is 7.47. The number of benzene rings is 2. The van der Waals surface area contributed by atoms with E-state index in [0.717, 1.165) is 60.4 Å². The van der Waals surface area contributed by atoms with Gasteiger partial charge in [-0.1, -0.05) is 31.6 Å². The zero-order chi connectivity index (χ0) is 27.6. The molecule has 204 valence electrons. The summed E-state index contributed by atoms with van der Waals surface area (Å²) in [4.78, 5) is 36.3. The van der Waals surface area contributed by atoms with Gasteiger partial charge in [-0.05, 0) is 60.7 Å². The predicted octanol–water partition coefficient (Wildman–Crippen LogP) is 4.75. The second-order valence-electron chi connectivity index (χ2n) is 10.3. The van der Waals surface area contributed by atoms with E-state index in [1.54, 1.807) is 28.9 Å². The van der Waals surface area contributed by atoms with Crippen molar-refractivity contribution in [1.29, 1.82) is 0 Å². The number of aliphatic imine (C=N–C) groups is 2. The fourth-order valence-corrected chi connectivity index (χ4v) is 5.38. The zero-order valence-corrected chi connectivity index (χ0v) is 22.6. The van der Waals surface area contributed by atoms with Gasteiger partial charge in [0.15, 0.2) is 6.17 Å². The number of hydrogen-bond acceptors (Lipinski definition) is 6. The van der Waals surface area contributed by atoms with Crippen molar-refractivity contribution in [2.75, 3.05) is 29.5 Å². The van der Waals surface area contributed by atoms with Crippen molar-refractivity contribution in [1.82, 2.24) is 14.7 Å². The van der Waals surface area contributed by atoms with Crippen molar-refractivity contribution in [3.63, 3.8) is 0 Å². The van der Waals surface area contributed by atoms with Crippen LogP contribution in [0.3, 0.4) is 0 Å². The van der Waals surface area contributed by atoms with Crippen LogP contribution in [0.1, 0.15) is 42.5 Å². The molecule has 3 aliphatic rings. The van der Waals surface area contributed by atoms with Crippen molar-refractivity contribution >= 4 is 41.7 Å². The number of aryl methyl sites for hydroxylation is 1. The van der Waals surface area contributed by atoms with E-state index in [9.17, 15) is 9.59 Å². The topological polar surface area (TPSA) is 116 Å². The molecule has 0 spiro atoms. The van der Waals surface area contributed by atoms with E-state index >= 15 is 0 Å². The first-order valence-electron chi connectivity index (χ1n) is 13.7. The molecule has 2 atom stereocenters. The lowest BCUT2D eigenvalue weighted by atomic mass is 9.90. The molecule has 10 heteroatoms. The minimum Gasteiger partial charge on any atom is -0.384 e. The molecule has 0 bridgehead atoms. The van der Waals surface area contributed by atoms with Crippen LogP contribution in [0.2, 0.25) is 0 Å². The van der Waals surface area contributed by atoms with Crippen LogP contribution in [-0.4, -0.2) is 58.9 Å². The van der Waals surface area contributed by atoms with Crippen molar-refractivity contribution in [3.05, 3.63) is 77.0 Å². The van der Waals surface area contributed by atoms with Crippen LogP contribution < -0.4 is 16.0 Å². The van der Waals surface area contributed by atoms with Gasteiger partial charge in [-0.15, -0.1) is 0 Å². The molecule has 0 radical (unpaired) electrons. The maximum absolute atomic E-state index is 13.2. The third-order valence-electron chi connectivity index (χ3n) is 7.47. The summed E-state index contributed by atoms with van der Waals surface area (Å²) in [6, 6.07) is 15.1. The van der Waals surface area contributed by atoms with Gasteiger partial charge in [0.1, 0.15) is 12.2 Å². The number of anilines is 3. The first-order valence-corrected chi connectivity index (χ1v) is 13.7. The molecule has 3 amide bonds. The van der Waals surface area contributed by atoms with Gasteiger partial charge in [-0.3, -0.25) is 10.1 Å². The number of hydrogen-bond donors (Lipinski definition) is 3. The van der Waals surface area contributed by atoms with Crippen LogP contribution in [0.15, 0.2) is 70.2 Å². The largest absolute Gasteiger partial charge is 0.384 e. The Morgan fingerprint density at radius 2 is 2.05 bits per heavy atom. The van der Waals surface area contributed by atoms with Gasteiger partial charge in [-0.2, -0.15) is 5.10 Å². The second-order valence-corrected chi connectivity index (χ2v) is 10.3. The Kier molecular flexibility index (Phi) is 6.90. The molecule has 3 N–H and O–H groups in total. The van der Waals surface area contributed by atoms with E-state index < -0.39 is 5.92 Å². The molecule has 0 fully saturated rings. The number of rotatable bonds is 7. The van der Waals surface area contributed by atoms with Crippen molar-refractivity contribution in [3.8, 4) is 5.69 Å². The number of aromatic nitrogens is 2. The van der Waals surface area contributed by atoms with E-state index in [1.165, 1.54) is 11.9 Å². The fraction of sp³-hybridized carbons (Fsp3) is 0.300. The highest BCUT2D eigenvalue weighted by molar-refractivity contribution is 6.00. The molecule has 0 aliphatic carbocycles. The number of nitrogens with one attached hydrogen (secondary N) is 3. The number of urea groups is 1. The highest BCUT2D eigenvalue weighted by Gasteiger charge is 2.34. The van der Waals surface area contributed by atoms with Gasteiger partial charge in [0.25, 0.3) is 0 Å². The monoisotopic (exact) mass is 536 g/mol. The van der Waals surface area contributed by atoms with Gasteiger partial charge in [-0.25, -0.2) is 19.5 Å². The second kappa shape index (κ2) is 10.8. The average Bonchev–Trinajstić information content (AvgIpc) is 3.60. The first-order chi connectivity index (χ1) is 19.5. The summed E-state index contributed by atoms with van der Waals surface area (Å²) >= 11 is 0. The average molecular weight is 537 g/mol. The number of amides is 3. The highest BCUT2D eigenvalue weighted by Crippen LogP contribution is 2.31. The molecule has 2 aromatic carbocycles. The molecule has 0 saturated heterocycles. The lowest BCUT2D eigenvalue weighted by Crippen LogP contribution is -2.44. The summed E-state index contributed by atoms with van der Waals surface area (Å²) in [7, 11) is 1.74. The summed E-state index contributed by atoms with van der Waals surface area (Å²) in [5, 5.41) is 14.1. The van der Waals surface area contributed by atoms with Gasteiger partial charge in [0.05, 0.1) is 17.3 Å². The predicted molar refractivity (Wildman–Crippen MR) is 158 cm³/mol. The molecule has 3 aliphatic heterocycles. The Bertz CT molecular complexity index is 1550. The van der Waals surface area contributed by atoms with Crippen molar-refractivity contribution in [2.24, 2.45) is 9.98 Å². The van der Waals surface area contributed by atoms with Gasteiger partial charge in [0.2, 0.25) is 5.91 Å². The van der Waals surface area contributed by atoms with Crippen LogP contribution >= 0.6 is 0 Å². The number of fused-ring (bicyclic) bond motifs is 2. The summed E-state index contributed by atoms with van der Waals surface area (Å²) in [5.41, 5.74) is 6.46. The molecule has 4 heterocycles. The standard InChI is InChI=1S/C30H32N8O2/c1-3-4-7-23-16-27(38(36-23)24-9-10-26-20(14-24)11-12-32-26)35-30(40)34-22-8-5-6-19(13-22)25-15-21-17-31-18-33-28(21)37(2)29(25)39/h5-6,8-10,13-18,25,28,32H,3-4,7,11-12H2,1-2H3,(H2,34,35,40). The van der Waals surface area contributed by atoms with Gasteiger partial charge < -0.3 is 15.5 Å². The number of likely N-dealkylation sites (N-methyl/N-ethyl adjacent to an activating group) is 1. The number of unbranched alkanes of at least 4 members (excludes halogenated alkanes) is 1. The lowest BCUT2D eigenvalue weighted by Gasteiger charge is -2.34. The van der Waals surface area contributed by atoms with Crippen LogP contribution in [0.25, 0.3) is 5.69 Å². The molecule has 0 saturated carbocycles. The third kappa shape index (κ3) is 5.00. The normalized spacial score (nSPS) is 19.1. The fourth-order valence-electron chi connectivity index (χ4n) is 5.38. The molecule has 2 unspecified atom stereocenters. The maximum atomic E-state index is 13.2. The van der Waals surface area contributed by atoms with Crippen LogP contribution in [0, 0.1) is 0 Å². The minimum atomic E-state index is -0.488. The SMILES string of the molecule is CCCCc1cc(NC(=O)Nc2cccc(C3C=C4C=NC=NC4N(C)C3=O)c2)n(-c2ccc3c(c2)CCN3)n1. The maximum Gasteiger partial charge on any atom is 0.324 e. The number of nitrogens with zero attached hydrogens (tertiary/aromatic N) is 5. The van der Waals surface area contributed by atoms with Gasteiger partial charge >= 0.3 is 6.03 Å². The molecular weight excluding hydrogens is 504 g/mol. The Morgan fingerprint density at radius 3 is 2.92 bits per heavy atom. The Hall–Kier alpha value is -4.73. The van der Waals surface area contributed by atoms with E-state index in [4.69, 9.17) is 5.10 Å². The van der Waals surface area contributed by atoms with E-state index in [2.05, 4.69) is 45.0 Å². The van der Waals surface area contributed by atoms with Crippen LogP contribution in [0.5, 0.6) is 0 Å². The molecule has 1 aromatic heterocycles. The Balaban J connectivity index is 1.22. The quantitative estimate of drug-likeness (QED) is 0.404. The zero-order valence-electron chi connectivity index (χ0n) is 22.6. The van der Waals surface area contributed by atoms with Gasteiger partial charge in [0, 0.05) is 42.8 Å². The first kappa shape index (κ1) is 25.5. The van der Waals surface area contributed by atoms with Crippen molar-refractivity contribution < 1.29 is 9.59 Å². The highest BCUT2D eigenvalue weighted by atomic mass is 16.2. The number of carbonyl (C=O) groups excluding carboxylic acids is 2. The van der Waals surface area contributed by atoms with Crippen LogP contribution in [-0.2, 0) is 17.6 Å². The van der Waals surface area contributed by atoms with E-state index in [-0.39, 0.29) is 18.1 Å². The van der Waals surface area contributed by atoms with Crippen molar-refractivity contribution in [2.45, 2.75) is 44.7 Å². The van der Waals surface area contributed by atoms with E-state index in [1.807, 2.05) is 36.4 Å². The molecule has 10 nitrogen and oxygen atoms in total. The smallest absolute Gasteiger partial charge is 0.324 e. The Labute approximate surface area is 232 Å². The summed E-state index contributed by atoms with van der Waals surface area (Å²) < 4.78 is 1.80. The minimum absolute atomic E-state index is 0.0594.